The summed E-state index contributed by atoms with van der Waals surface area (Å²) in [5.41, 5.74) is 2.39. The fraction of sp³-hybridized carbons (Fsp3) is 0.444. The minimum Gasteiger partial charge on any atom is -0.391 e. The zero-order valence-electron chi connectivity index (χ0n) is 15.3. The van der Waals surface area contributed by atoms with E-state index in [0.717, 1.165) is 16.9 Å². The lowest BCUT2D eigenvalue weighted by molar-refractivity contribution is 0.183. The number of hydrogen-bond donors (Lipinski definition) is 3. The maximum Gasteiger partial charge on any atom is 0.226 e. The Morgan fingerprint density at radius 1 is 1.15 bits per heavy atom. The molecule has 8 heteroatoms. The van der Waals surface area contributed by atoms with Crippen LogP contribution in [0.25, 0.3) is 11.2 Å². The number of aromatic nitrogens is 5. The molecule has 0 spiro atoms. The molecule has 3 heterocycles. The van der Waals surface area contributed by atoms with Crippen LogP contribution >= 0.6 is 0 Å². The van der Waals surface area contributed by atoms with Crippen molar-refractivity contribution >= 4 is 22.9 Å². The van der Waals surface area contributed by atoms with Crippen LogP contribution in [0.2, 0.25) is 0 Å². The Morgan fingerprint density at radius 3 is 2.69 bits per heavy atom. The minimum absolute atomic E-state index is 0.229. The zero-order valence-corrected chi connectivity index (χ0v) is 15.3. The second-order valence-corrected chi connectivity index (χ2v) is 6.43. The summed E-state index contributed by atoms with van der Waals surface area (Å²) in [5, 5.41) is 16.2. The topological polar surface area (TPSA) is 101 Å². The number of fused-ring (bicyclic) bond motifs is 1. The fourth-order valence-corrected chi connectivity index (χ4v) is 2.53. The average molecular weight is 355 g/mol. The molecular formula is C18H25N7O. The van der Waals surface area contributed by atoms with Crippen molar-refractivity contribution in [2.45, 2.75) is 45.9 Å². The number of rotatable bonds is 8. The number of aliphatic hydroxyl groups excluding tert-OH is 1. The third-order valence-electron chi connectivity index (χ3n) is 4.11. The Morgan fingerprint density at radius 2 is 2.00 bits per heavy atom. The Kier molecular flexibility index (Phi) is 5.62. The standard InChI is InChI=1S/C18H25N7O/c1-4-14(26)10-21-18-23-16(20-9-13-7-5-6-8-19-13)15-17(24-18)25(11-22-15)12(2)3/h5-8,11-12,14,26H,4,9-10H2,1-3H3,(H2,20,21,23,24). The van der Waals surface area contributed by atoms with Gasteiger partial charge in [-0.15, -0.1) is 0 Å². The van der Waals surface area contributed by atoms with Gasteiger partial charge < -0.3 is 20.3 Å². The van der Waals surface area contributed by atoms with Gasteiger partial charge in [-0.3, -0.25) is 4.98 Å². The van der Waals surface area contributed by atoms with Crippen LogP contribution < -0.4 is 10.6 Å². The van der Waals surface area contributed by atoms with Gasteiger partial charge in [-0.1, -0.05) is 13.0 Å². The van der Waals surface area contributed by atoms with Gasteiger partial charge in [0.05, 0.1) is 24.7 Å². The van der Waals surface area contributed by atoms with E-state index in [1.165, 1.54) is 0 Å². The largest absolute Gasteiger partial charge is 0.391 e. The van der Waals surface area contributed by atoms with E-state index >= 15 is 0 Å². The number of nitrogens with zero attached hydrogens (tertiary/aromatic N) is 5. The number of aliphatic hydroxyl groups is 1. The van der Waals surface area contributed by atoms with E-state index in [1.54, 1.807) is 12.5 Å². The quantitative estimate of drug-likeness (QED) is 0.571. The van der Waals surface area contributed by atoms with E-state index in [2.05, 4.69) is 44.4 Å². The number of nitrogens with one attached hydrogen (secondary N) is 2. The van der Waals surface area contributed by atoms with Gasteiger partial charge in [-0.2, -0.15) is 9.97 Å². The SMILES string of the molecule is CCC(O)CNc1nc(NCc2ccccn2)c2ncn(C(C)C)c2n1. The minimum atomic E-state index is -0.436. The molecule has 3 aromatic rings. The molecule has 0 saturated heterocycles. The number of pyridine rings is 1. The molecule has 3 aromatic heterocycles. The molecule has 0 fully saturated rings. The summed E-state index contributed by atoms with van der Waals surface area (Å²) in [6, 6.07) is 6.02. The molecule has 0 aliphatic carbocycles. The summed E-state index contributed by atoms with van der Waals surface area (Å²) in [6.07, 6.45) is 3.78. The van der Waals surface area contributed by atoms with Crippen molar-refractivity contribution in [1.82, 2.24) is 24.5 Å². The lowest BCUT2D eigenvalue weighted by atomic mass is 10.3. The van der Waals surface area contributed by atoms with Gasteiger partial charge in [0.15, 0.2) is 17.0 Å². The van der Waals surface area contributed by atoms with Crippen molar-refractivity contribution in [3.8, 4) is 0 Å². The van der Waals surface area contributed by atoms with Gasteiger partial charge in [0.25, 0.3) is 0 Å². The molecule has 26 heavy (non-hydrogen) atoms. The molecule has 0 aliphatic heterocycles. The van der Waals surface area contributed by atoms with Crippen molar-refractivity contribution in [1.29, 1.82) is 0 Å². The highest BCUT2D eigenvalue weighted by Gasteiger charge is 2.15. The van der Waals surface area contributed by atoms with Gasteiger partial charge >= 0.3 is 0 Å². The van der Waals surface area contributed by atoms with Crippen molar-refractivity contribution in [2.24, 2.45) is 0 Å². The van der Waals surface area contributed by atoms with Crippen molar-refractivity contribution < 1.29 is 5.11 Å². The Labute approximate surface area is 152 Å². The second kappa shape index (κ2) is 8.09. The van der Waals surface area contributed by atoms with E-state index < -0.39 is 6.10 Å². The first-order valence-electron chi connectivity index (χ1n) is 8.88. The maximum absolute atomic E-state index is 9.80. The van der Waals surface area contributed by atoms with Crippen LogP contribution in [0.5, 0.6) is 0 Å². The average Bonchev–Trinajstić information content (AvgIpc) is 3.09. The smallest absolute Gasteiger partial charge is 0.226 e. The van der Waals surface area contributed by atoms with E-state index in [4.69, 9.17) is 0 Å². The number of anilines is 2. The van der Waals surface area contributed by atoms with Crippen molar-refractivity contribution in [2.75, 3.05) is 17.2 Å². The van der Waals surface area contributed by atoms with Crippen LogP contribution in [0.15, 0.2) is 30.7 Å². The van der Waals surface area contributed by atoms with Gasteiger partial charge in [-0.25, -0.2) is 4.98 Å². The molecule has 3 N–H and O–H groups in total. The highest BCUT2D eigenvalue weighted by atomic mass is 16.3. The lowest BCUT2D eigenvalue weighted by Crippen LogP contribution is -2.20. The molecule has 1 atom stereocenters. The van der Waals surface area contributed by atoms with Crippen LogP contribution in [0.1, 0.15) is 38.9 Å². The second-order valence-electron chi connectivity index (χ2n) is 6.43. The fourth-order valence-electron chi connectivity index (χ4n) is 2.53. The van der Waals surface area contributed by atoms with E-state index in [0.29, 0.717) is 31.3 Å². The van der Waals surface area contributed by atoms with E-state index in [9.17, 15) is 5.11 Å². The van der Waals surface area contributed by atoms with Crippen LogP contribution in [0.4, 0.5) is 11.8 Å². The molecule has 0 bridgehead atoms. The normalized spacial score (nSPS) is 12.5. The molecular weight excluding hydrogens is 330 g/mol. The Balaban J connectivity index is 1.91. The first-order chi connectivity index (χ1) is 12.6. The molecule has 0 aromatic carbocycles. The van der Waals surface area contributed by atoms with Crippen molar-refractivity contribution in [3.05, 3.63) is 36.4 Å². The molecule has 3 rings (SSSR count). The molecule has 0 amide bonds. The predicted octanol–water partition coefficient (Wildman–Crippen LogP) is 2.60. The lowest BCUT2D eigenvalue weighted by Gasteiger charge is -2.13. The monoisotopic (exact) mass is 355 g/mol. The zero-order chi connectivity index (χ0) is 18.5. The van der Waals surface area contributed by atoms with Crippen LogP contribution in [0, 0.1) is 0 Å². The highest BCUT2D eigenvalue weighted by molar-refractivity contribution is 5.84. The van der Waals surface area contributed by atoms with E-state index in [-0.39, 0.29) is 6.04 Å². The van der Waals surface area contributed by atoms with Gasteiger partial charge in [0.1, 0.15) is 0 Å². The number of hydrogen-bond acceptors (Lipinski definition) is 7. The van der Waals surface area contributed by atoms with Gasteiger partial charge in [0, 0.05) is 18.8 Å². The summed E-state index contributed by atoms with van der Waals surface area (Å²) in [6.45, 7) is 7.04. The van der Waals surface area contributed by atoms with Gasteiger partial charge in [-0.05, 0) is 32.4 Å². The number of imidazole rings is 1. The Bertz CT molecular complexity index is 847. The van der Waals surface area contributed by atoms with Crippen molar-refractivity contribution in [3.63, 3.8) is 0 Å². The van der Waals surface area contributed by atoms with Crippen LogP contribution in [-0.4, -0.2) is 42.3 Å². The third kappa shape index (κ3) is 4.08. The van der Waals surface area contributed by atoms with Gasteiger partial charge in [0.2, 0.25) is 5.95 Å². The molecule has 0 saturated carbocycles. The van der Waals surface area contributed by atoms with Crippen LogP contribution in [-0.2, 0) is 6.54 Å². The molecule has 1 unspecified atom stereocenters. The molecule has 0 aliphatic rings. The summed E-state index contributed by atoms with van der Waals surface area (Å²) in [5.74, 6) is 1.12. The van der Waals surface area contributed by atoms with E-state index in [1.807, 2.05) is 29.7 Å². The molecule has 0 radical (unpaired) electrons. The summed E-state index contributed by atoms with van der Waals surface area (Å²) >= 11 is 0. The highest BCUT2D eigenvalue weighted by Crippen LogP contribution is 2.23. The summed E-state index contributed by atoms with van der Waals surface area (Å²) in [7, 11) is 0. The summed E-state index contributed by atoms with van der Waals surface area (Å²) < 4.78 is 2.00. The third-order valence-corrected chi connectivity index (χ3v) is 4.11. The molecule has 138 valence electrons. The maximum atomic E-state index is 9.80. The predicted molar refractivity (Wildman–Crippen MR) is 102 cm³/mol. The molecule has 8 nitrogen and oxygen atoms in total. The van der Waals surface area contributed by atoms with Crippen LogP contribution in [0.3, 0.4) is 0 Å². The first-order valence-corrected chi connectivity index (χ1v) is 8.88. The Hall–Kier alpha value is -2.74. The first kappa shape index (κ1) is 18.1. The summed E-state index contributed by atoms with van der Waals surface area (Å²) in [4.78, 5) is 17.9.